The van der Waals surface area contributed by atoms with Gasteiger partial charge in [-0.25, -0.2) is 4.68 Å². The highest BCUT2D eigenvalue weighted by molar-refractivity contribution is 6.03. The number of carbonyl (C=O) groups excluding carboxylic acids is 2. The molecule has 4 rings (SSSR count). The van der Waals surface area contributed by atoms with Gasteiger partial charge in [0.25, 0.3) is 0 Å². The summed E-state index contributed by atoms with van der Waals surface area (Å²) in [6.07, 6.45) is 1.66. The molecular weight excluding hydrogens is 372 g/mol. The molecule has 1 aromatic heterocycles. The molecule has 2 N–H and O–H groups in total. The Morgan fingerprint density at radius 2 is 1.90 bits per heavy atom. The number of nitrogens with zero attached hydrogens (tertiary/aromatic N) is 2. The van der Waals surface area contributed by atoms with Crippen LogP contribution in [0.3, 0.4) is 0 Å². The molecule has 0 bridgehead atoms. The van der Waals surface area contributed by atoms with Gasteiger partial charge in [0.1, 0.15) is 11.9 Å². The lowest BCUT2D eigenvalue weighted by molar-refractivity contribution is -0.125. The fraction of sp³-hybridized carbons (Fsp3) is 0.190. The Morgan fingerprint density at radius 1 is 1.14 bits per heavy atom. The molecule has 1 aliphatic heterocycles. The van der Waals surface area contributed by atoms with E-state index in [1.54, 1.807) is 36.2 Å². The van der Waals surface area contributed by atoms with Crippen LogP contribution in [0.4, 0.5) is 11.5 Å². The van der Waals surface area contributed by atoms with Crippen molar-refractivity contribution < 1.29 is 19.1 Å². The van der Waals surface area contributed by atoms with Crippen molar-refractivity contribution in [2.45, 2.75) is 12.5 Å². The number of aromatic nitrogens is 2. The van der Waals surface area contributed by atoms with Gasteiger partial charge in [-0.2, -0.15) is 5.10 Å². The monoisotopic (exact) mass is 392 g/mol. The highest BCUT2D eigenvalue weighted by Crippen LogP contribution is 2.35. The van der Waals surface area contributed by atoms with Gasteiger partial charge in [0, 0.05) is 17.3 Å². The SMILES string of the molecule is COc1ccc(NC(=O)[C@H]2CC(=O)Nc3c(-c4ccccc4)cnn32)cc1OC. The molecule has 3 aromatic rings. The minimum atomic E-state index is -0.760. The van der Waals surface area contributed by atoms with Crippen LogP contribution in [-0.2, 0) is 9.59 Å². The van der Waals surface area contributed by atoms with Gasteiger partial charge in [-0.05, 0) is 17.7 Å². The second-order valence-corrected chi connectivity index (χ2v) is 6.54. The zero-order valence-electron chi connectivity index (χ0n) is 16.0. The van der Waals surface area contributed by atoms with Gasteiger partial charge in [0.2, 0.25) is 11.8 Å². The maximum absolute atomic E-state index is 13.0. The van der Waals surface area contributed by atoms with Crippen molar-refractivity contribution in [3.63, 3.8) is 0 Å². The number of rotatable bonds is 5. The maximum Gasteiger partial charge on any atom is 0.249 e. The summed E-state index contributed by atoms with van der Waals surface area (Å²) in [5.74, 6) is 1.00. The topological polar surface area (TPSA) is 94.5 Å². The third-order valence-electron chi connectivity index (χ3n) is 4.77. The Labute approximate surface area is 167 Å². The number of hydrogen-bond acceptors (Lipinski definition) is 5. The number of nitrogens with one attached hydrogen (secondary N) is 2. The molecule has 0 saturated carbocycles. The van der Waals surface area contributed by atoms with Crippen LogP contribution in [0.15, 0.2) is 54.7 Å². The first-order valence-electron chi connectivity index (χ1n) is 9.06. The summed E-state index contributed by atoms with van der Waals surface area (Å²) in [4.78, 5) is 25.2. The highest BCUT2D eigenvalue weighted by atomic mass is 16.5. The van der Waals surface area contributed by atoms with Crippen LogP contribution in [0.1, 0.15) is 12.5 Å². The summed E-state index contributed by atoms with van der Waals surface area (Å²) in [5.41, 5.74) is 2.22. The van der Waals surface area contributed by atoms with E-state index in [0.717, 1.165) is 11.1 Å². The third kappa shape index (κ3) is 3.52. The van der Waals surface area contributed by atoms with Crippen molar-refractivity contribution >= 4 is 23.3 Å². The quantitative estimate of drug-likeness (QED) is 0.696. The van der Waals surface area contributed by atoms with Gasteiger partial charge in [0.15, 0.2) is 11.5 Å². The first-order chi connectivity index (χ1) is 14.1. The molecule has 2 heterocycles. The first-order valence-corrected chi connectivity index (χ1v) is 9.06. The minimum Gasteiger partial charge on any atom is -0.493 e. The zero-order chi connectivity index (χ0) is 20.4. The van der Waals surface area contributed by atoms with E-state index in [0.29, 0.717) is 23.0 Å². The van der Waals surface area contributed by atoms with E-state index < -0.39 is 6.04 Å². The summed E-state index contributed by atoms with van der Waals surface area (Å²) in [7, 11) is 3.07. The van der Waals surface area contributed by atoms with Gasteiger partial charge in [-0.3, -0.25) is 9.59 Å². The molecule has 1 aliphatic rings. The minimum absolute atomic E-state index is 0.00202. The Morgan fingerprint density at radius 3 is 2.62 bits per heavy atom. The summed E-state index contributed by atoms with van der Waals surface area (Å²) < 4.78 is 12.0. The van der Waals surface area contributed by atoms with Crippen molar-refractivity contribution in [2.75, 3.05) is 24.9 Å². The normalized spacial score (nSPS) is 15.2. The largest absolute Gasteiger partial charge is 0.493 e. The number of amides is 2. The lowest BCUT2D eigenvalue weighted by Crippen LogP contribution is -2.35. The van der Waals surface area contributed by atoms with Gasteiger partial charge in [-0.15, -0.1) is 0 Å². The van der Waals surface area contributed by atoms with Crippen LogP contribution >= 0.6 is 0 Å². The van der Waals surface area contributed by atoms with Gasteiger partial charge in [0.05, 0.1) is 26.8 Å². The fourth-order valence-corrected chi connectivity index (χ4v) is 3.34. The third-order valence-corrected chi connectivity index (χ3v) is 4.77. The van der Waals surface area contributed by atoms with Crippen LogP contribution < -0.4 is 20.1 Å². The van der Waals surface area contributed by atoms with Crippen LogP contribution in [0.25, 0.3) is 11.1 Å². The average molecular weight is 392 g/mol. The summed E-state index contributed by atoms with van der Waals surface area (Å²) >= 11 is 0. The summed E-state index contributed by atoms with van der Waals surface area (Å²) in [6, 6.07) is 13.9. The molecule has 8 heteroatoms. The molecule has 0 fully saturated rings. The first kappa shape index (κ1) is 18.5. The molecule has 29 heavy (non-hydrogen) atoms. The molecule has 0 spiro atoms. The number of hydrogen-bond donors (Lipinski definition) is 2. The number of methoxy groups -OCH3 is 2. The number of carbonyl (C=O) groups is 2. The lowest BCUT2D eigenvalue weighted by Gasteiger charge is -2.24. The lowest BCUT2D eigenvalue weighted by atomic mass is 10.1. The van der Waals surface area contributed by atoms with Crippen LogP contribution in [0, 0.1) is 0 Å². The van der Waals surface area contributed by atoms with Crippen molar-refractivity contribution in [1.82, 2.24) is 9.78 Å². The van der Waals surface area contributed by atoms with Crippen molar-refractivity contribution in [3.8, 4) is 22.6 Å². The number of fused-ring (bicyclic) bond motifs is 1. The van der Waals surface area contributed by atoms with Crippen LogP contribution in [0.5, 0.6) is 11.5 Å². The van der Waals surface area contributed by atoms with E-state index in [1.165, 1.54) is 7.11 Å². The number of benzene rings is 2. The Bertz CT molecular complexity index is 1060. The molecule has 148 valence electrons. The predicted molar refractivity (Wildman–Crippen MR) is 108 cm³/mol. The van der Waals surface area contributed by atoms with E-state index in [1.807, 2.05) is 30.3 Å². The van der Waals surface area contributed by atoms with Crippen molar-refractivity contribution in [3.05, 3.63) is 54.7 Å². The fourth-order valence-electron chi connectivity index (χ4n) is 3.34. The smallest absolute Gasteiger partial charge is 0.249 e. The van der Waals surface area contributed by atoms with Crippen molar-refractivity contribution in [1.29, 1.82) is 0 Å². The molecule has 0 radical (unpaired) electrons. The summed E-state index contributed by atoms with van der Waals surface area (Å²) in [6.45, 7) is 0. The second kappa shape index (κ2) is 7.67. The second-order valence-electron chi connectivity index (χ2n) is 6.54. The molecule has 0 saturated heterocycles. The van der Waals surface area contributed by atoms with Gasteiger partial charge >= 0.3 is 0 Å². The van der Waals surface area contributed by atoms with E-state index in [4.69, 9.17) is 9.47 Å². The zero-order valence-corrected chi connectivity index (χ0v) is 16.0. The highest BCUT2D eigenvalue weighted by Gasteiger charge is 2.33. The Hall–Kier alpha value is -3.81. The molecule has 2 aromatic carbocycles. The molecule has 0 aliphatic carbocycles. The van der Waals surface area contributed by atoms with E-state index in [2.05, 4.69) is 15.7 Å². The van der Waals surface area contributed by atoms with Gasteiger partial charge < -0.3 is 20.1 Å². The van der Waals surface area contributed by atoms with E-state index in [-0.39, 0.29) is 18.2 Å². The Kier molecular flexibility index (Phi) is 4.90. The van der Waals surface area contributed by atoms with E-state index in [9.17, 15) is 9.59 Å². The standard InChI is InChI=1S/C21H20N4O4/c1-28-17-9-8-14(10-18(17)29-2)23-21(27)16-11-19(26)24-20-15(12-22-25(16)20)13-6-4-3-5-7-13/h3-10,12,16H,11H2,1-2H3,(H,23,27)(H,24,26)/t16-/m1/s1. The molecular formula is C21H20N4O4. The predicted octanol–water partition coefficient (Wildman–Crippen LogP) is 3.09. The molecule has 1 atom stereocenters. The van der Waals surface area contributed by atoms with E-state index >= 15 is 0 Å². The number of ether oxygens (including phenoxy) is 2. The molecule has 0 unspecified atom stereocenters. The summed E-state index contributed by atoms with van der Waals surface area (Å²) in [5, 5.41) is 10.0. The molecule has 8 nitrogen and oxygen atoms in total. The Balaban J connectivity index is 1.63. The van der Waals surface area contributed by atoms with Crippen LogP contribution in [-0.4, -0.2) is 35.8 Å². The average Bonchev–Trinajstić information content (AvgIpc) is 3.17. The van der Waals surface area contributed by atoms with Gasteiger partial charge in [-0.1, -0.05) is 30.3 Å². The molecule has 2 amide bonds. The van der Waals surface area contributed by atoms with Crippen LogP contribution in [0.2, 0.25) is 0 Å². The number of anilines is 2. The maximum atomic E-state index is 13.0. The van der Waals surface area contributed by atoms with Crippen molar-refractivity contribution in [2.24, 2.45) is 0 Å².